The third kappa shape index (κ3) is 3.67. The first-order valence-corrected chi connectivity index (χ1v) is 4.87. The summed E-state index contributed by atoms with van der Waals surface area (Å²) in [5, 5.41) is 3.07. The lowest BCUT2D eigenvalue weighted by atomic mass is 10.1. The summed E-state index contributed by atoms with van der Waals surface area (Å²) in [5.74, 6) is 0.642. The molecule has 0 heterocycles. The van der Waals surface area contributed by atoms with Gasteiger partial charge in [-0.1, -0.05) is 17.7 Å². The lowest BCUT2D eigenvalue weighted by molar-refractivity contribution is 0.249. The van der Waals surface area contributed by atoms with Crippen LogP contribution in [0.25, 0.3) is 0 Å². The Morgan fingerprint density at radius 3 is 2.87 bits per heavy atom. The molecule has 2 amide bonds. The quantitative estimate of drug-likeness (QED) is 0.822. The molecule has 4 nitrogen and oxygen atoms in total. The Morgan fingerprint density at radius 2 is 2.33 bits per heavy atom. The molecule has 0 atom stereocenters. The van der Waals surface area contributed by atoms with Crippen molar-refractivity contribution in [1.82, 2.24) is 5.32 Å². The molecule has 0 bridgehead atoms. The van der Waals surface area contributed by atoms with E-state index in [2.05, 4.69) is 5.32 Å². The number of halogens is 1. The van der Waals surface area contributed by atoms with Crippen LogP contribution in [0.2, 0.25) is 5.02 Å². The Bertz CT molecular complexity index is 355. The van der Waals surface area contributed by atoms with E-state index in [-0.39, 0.29) is 0 Å². The van der Waals surface area contributed by atoms with Crippen LogP contribution in [0.5, 0.6) is 5.75 Å². The Labute approximate surface area is 93.4 Å². The minimum atomic E-state index is -0.519. The monoisotopic (exact) mass is 228 g/mol. The van der Waals surface area contributed by atoms with Gasteiger partial charge in [0.25, 0.3) is 0 Å². The first-order chi connectivity index (χ1) is 7.13. The van der Waals surface area contributed by atoms with E-state index in [0.29, 0.717) is 23.7 Å². The zero-order valence-corrected chi connectivity index (χ0v) is 9.17. The number of carbonyl (C=O) groups is 1. The lowest BCUT2D eigenvalue weighted by Gasteiger charge is -2.06. The molecule has 3 N–H and O–H groups in total. The summed E-state index contributed by atoms with van der Waals surface area (Å²) in [5.41, 5.74) is 5.96. The maximum Gasteiger partial charge on any atom is 0.312 e. The SMILES string of the molecule is COc1ccc(CCNC(N)=O)cc1Cl. The molecule has 15 heavy (non-hydrogen) atoms. The molecule has 0 fully saturated rings. The molecular formula is C10H13ClN2O2. The fourth-order valence-corrected chi connectivity index (χ4v) is 1.48. The average molecular weight is 229 g/mol. The van der Waals surface area contributed by atoms with Crippen LogP contribution in [0.3, 0.4) is 0 Å². The van der Waals surface area contributed by atoms with Gasteiger partial charge < -0.3 is 15.8 Å². The summed E-state index contributed by atoms with van der Waals surface area (Å²) in [6.07, 6.45) is 0.687. The van der Waals surface area contributed by atoms with E-state index >= 15 is 0 Å². The molecule has 0 saturated heterocycles. The van der Waals surface area contributed by atoms with Gasteiger partial charge in [-0.15, -0.1) is 0 Å². The van der Waals surface area contributed by atoms with Crippen molar-refractivity contribution in [3.8, 4) is 5.75 Å². The van der Waals surface area contributed by atoms with Crippen LogP contribution < -0.4 is 15.8 Å². The highest BCUT2D eigenvalue weighted by Gasteiger charge is 2.01. The second-order valence-corrected chi connectivity index (χ2v) is 3.42. The van der Waals surface area contributed by atoms with Crippen molar-refractivity contribution in [2.75, 3.05) is 13.7 Å². The predicted octanol–water partition coefficient (Wildman–Crippen LogP) is 1.56. The number of rotatable bonds is 4. The van der Waals surface area contributed by atoms with Crippen molar-refractivity contribution >= 4 is 17.6 Å². The largest absolute Gasteiger partial charge is 0.495 e. The Morgan fingerprint density at radius 1 is 1.60 bits per heavy atom. The van der Waals surface area contributed by atoms with Gasteiger partial charge in [-0.3, -0.25) is 0 Å². The van der Waals surface area contributed by atoms with Crippen LogP contribution in [-0.2, 0) is 6.42 Å². The molecule has 82 valence electrons. The van der Waals surface area contributed by atoms with Crippen LogP contribution in [0.1, 0.15) is 5.56 Å². The van der Waals surface area contributed by atoms with Crippen LogP contribution in [0.15, 0.2) is 18.2 Å². The summed E-state index contributed by atoms with van der Waals surface area (Å²) in [7, 11) is 1.57. The Kier molecular flexibility index (Phi) is 4.24. The van der Waals surface area contributed by atoms with Crippen molar-refractivity contribution in [3.63, 3.8) is 0 Å². The molecule has 0 aromatic heterocycles. The van der Waals surface area contributed by atoms with Gasteiger partial charge in [0.2, 0.25) is 0 Å². The third-order valence-electron chi connectivity index (χ3n) is 1.93. The zero-order valence-electron chi connectivity index (χ0n) is 8.42. The highest BCUT2D eigenvalue weighted by atomic mass is 35.5. The second kappa shape index (κ2) is 5.46. The van der Waals surface area contributed by atoms with Crippen molar-refractivity contribution < 1.29 is 9.53 Å². The van der Waals surface area contributed by atoms with Crippen molar-refractivity contribution in [3.05, 3.63) is 28.8 Å². The number of hydrogen-bond donors (Lipinski definition) is 2. The molecule has 1 aromatic carbocycles. The van der Waals surface area contributed by atoms with Gasteiger partial charge in [0.1, 0.15) is 5.75 Å². The molecular weight excluding hydrogens is 216 g/mol. The van der Waals surface area contributed by atoms with Gasteiger partial charge in [0.05, 0.1) is 12.1 Å². The maximum atomic E-state index is 10.4. The first-order valence-electron chi connectivity index (χ1n) is 4.49. The number of primary amides is 1. The van der Waals surface area contributed by atoms with Crippen molar-refractivity contribution in [1.29, 1.82) is 0 Å². The van der Waals surface area contributed by atoms with E-state index < -0.39 is 6.03 Å². The van der Waals surface area contributed by atoms with Crippen LogP contribution in [0, 0.1) is 0 Å². The lowest BCUT2D eigenvalue weighted by Crippen LogP contribution is -2.30. The number of hydrogen-bond acceptors (Lipinski definition) is 2. The number of benzene rings is 1. The van der Waals surface area contributed by atoms with Gasteiger partial charge in [0.15, 0.2) is 0 Å². The molecule has 0 aliphatic heterocycles. The second-order valence-electron chi connectivity index (χ2n) is 3.01. The minimum Gasteiger partial charge on any atom is -0.495 e. The minimum absolute atomic E-state index is 0.498. The number of ether oxygens (including phenoxy) is 1. The molecule has 0 saturated carbocycles. The maximum absolute atomic E-state index is 10.4. The Hall–Kier alpha value is -1.42. The molecule has 1 aromatic rings. The predicted molar refractivity (Wildman–Crippen MR) is 59.3 cm³/mol. The fraction of sp³-hybridized carbons (Fsp3) is 0.300. The molecule has 5 heteroatoms. The van der Waals surface area contributed by atoms with Crippen molar-refractivity contribution in [2.45, 2.75) is 6.42 Å². The third-order valence-corrected chi connectivity index (χ3v) is 2.22. The van der Waals surface area contributed by atoms with E-state index in [1.807, 2.05) is 12.1 Å². The topological polar surface area (TPSA) is 64.3 Å². The van der Waals surface area contributed by atoms with Gasteiger partial charge >= 0.3 is 6.03 Å². The number of carbonyl (C=O) groups excluding carboxylic acids is 1. The summed E-state index contributed by atoms with van der Waals surface area (Å²) in [4.78, 5) is 10.4. The van der Waals surface area contributed by atoms with Crippen LogP contribution >= 0.6 is 11.6 Å². The molecule has 0 radical (unpaired) electrons. The van der Waals surface area contributed by atoms with Gasteiger partial charge in [-0.25, -0.2) is 4.79 Å². The zero-order chi connectivity index (χ0) is 11.3. The Balaban J connectivity index is 2.55. The van der Waals surface area contributed by atoms with E-state index in [9.17, 15) is 4.79 Å². The summed E-state index contributed by atoms with van der Waals surface area (Å²) in [6.45, 7) is 0.498. The standard InChI is InChI=1S/C10H13ClN2O2/c1-15-9-3-2-7(6-8(9)11)4-5-13-10(12)14/h2-3,6H,4-5H2,1H3,(H3,12,13,14). The van der Waals surface area contributed by atoms with E-state index in [1.165, 1.54) is 0 Å². The van der Waals surface area contributed by atoms with E-state index in [4.69, 9.17) is 22.1 Å². The van der Waals surface area contributed by atoms with Crippen LogP contribution in [-0.4, -0.2) is 19.7 Å². The summed E-state index contributed by atoms with van der Waals surface area (Å²) >= 11 is 5.93. The molecule has 0 unspecified atom stereocenters. The summed E-state index contributed by atoms with van der Waals surface area (Å²) < 4.78 is 5.02. The van der Waals surface area contributed by atoms with Gasteiger partial charge in [-0.05, 0) is 24.1 Å². The van der Waals surface area contributed by atoms with Crippen LogP contribution in [0.4, 0.5) is 4.79 Å². The number of nitrogens with two attached hydrogens (primary N) is 1. The fourth-order valence-electron chi connectivity index (χ4n) is 1.20. The molecule has 0 aliphatic carbocycles. The normalized spacial score (nSPS) is 9.73. The highest BCUT2D eigenvalue weighted by Crippen LogP contribution is 2.24. The smallest absolute Gasteiger partial charge is 0.312 e. The summed E-state index contributed by atoms with van der Waals surface area (Å²) in [6, 6.07) is 4.98. The highest BCUT2D eigenvalue weighted by molar-refractivity contribution is 6.32. The number of amides is 2. The molecule has 0 aliphatic rings. The van der Waals surface area contributed by atoms with E-state index in [1.54, 1.807) is 13.2 Å². The average Bonchev–Trinajstić information content (AvgIpc) is 2.17. The molecule has 1 rings (SSSR count). The first kappa shape index (κ1) is 11.7. The molecule has 0 spiro atoms. The number of methoxy groups -OCH3 is 1. The van der Waals surface area contributed by atoms with Crippen molar-refractivity contribution in [2.24, 2.45) is 5.73 Å². The van der Waals surface area contributed by atoms with Gasteiger partial charge in [-0.2, -0.15) is 0 Å². The number of nitrogens with one attached hydrogen (secondary N) is 1. The van der Waals surface area contributed by atoms with Gasteiger partial charge in [0, 0.05) is 6.54 Å². The van der Waals surface area contributed by atoms with E-state index in [0.717, 1.165) is 5.56 Å². The number of urea groups is 1.